The third kappa shape index (κ3) is 24.5. The van der Waals surface area contributed by atoms with E-state index in [9.17, 15) is 14.3 Å². The van der Waals surface area contributed by atoms with Gasteiger partial charge in [0.2, 0.25) is 0 Å². The van der Waals surface area contributed by atoms with Crippen molar-refractivity contribution in [3.05, 3.63) is 0 Å². The molecule has 0 amide bonds. The Balaban J connectivity index is 3.79. The molecule has 0 saturated heterocycles. The molecule has 1 N–H and O–H groups in total. The summed E-state index contributed by atoms with van der Waals surface area (Å²) in [5, 5.41) is 0. The maximum atomic E-state index is 12.2. The summed E-state index contributed by atoms with van der Waals surface area (Å²) in [6.07, 6.45) is 16.3. The molecule has 0 bridgehead atoms. The van der Waals surface area contributed by atoms with Crippen LogP contribution in [0.1, 0.15) is 97.3 Å². The summed E-state index contributed by atoms with van der Waals surface area (Å²) in [6, 6.07) is 0. The molecule has 0 heterocycles. The lowest BCUT2D eigenvalue weighted by atomic mass is 10.0. The fourth-order valence-corrected chi connectivity index (χ4v) is 4.86. The Morgan fingerprint density at radius 2 is 1.33 bits per heavy atom. The molecule has 0 saturated carbocycles. The summed E-state index contributed by atoms with van der Waals surface area (Å²) in [4.78, 5) is 21.3. The molecule has 0 aromatic carbocycles. The molecule has 0 aromatic rings. The Bertz CT molecular complexity index is 524. The van der Waals surface area contributed by atoms with E-state index in [2.05, 4.69) is 6.92 Å². The number of hydrogen-bond acceptors (Lipinski definition) is 5. The van der Waals surface area contributed by atoms with Crippen LogP contribution in [-0.4, -0.2) is 75.1 Å². The van der Waals surface area contributed by atoms with Gasteiger partial charge in [-0.3, -0.25) is 9.36 Å². The van der Waals surface area contributed by atoms with Gasteiger partial charge in [-0.2, -0.15) is 0 Å². The monoisotopic (exact) mass is 494 g/mol. The smallest absolute Gasteiger partial charge is 0.333 e. The number of unbranched alkanes of at least 4 members (excludes halogenated alkanes) is 12. The van der Waals surface area contributed by atoms with Gasteiger partial charge in [-0.1, -0.05) is 84.0 Å². The van der Waals surface area contributed by atoms with Crippen LogP contribution in [0.15, 0.2) is 0 Å². The summed E-state index contributed by atoms with van der Waals surface area (Å²) >= 11 is 0. The van der Waals surface area contributed by atoms with Crippen molar-refractivity contribution >= 4 is 13.6 Å². The molecule has 0 fully saturated rings. The molecule has 0 spiro atoms. The molecule has 0 aromatic heterocycles. The minimum atomic E-state index is -3.72. The van der Waals surface area contributed by atoms with Crippen molar-refractivity contribution in [3.63, 3.8) is 0 Å². The number of carbonyl (C=O) groups excluding carboxylic acids is 1. The van der Waals surface area contributed by atoms with Crippen LogP contribution in [0.3, 0.4) is 0 Å². The molecule has 2 atom stereocenters. The van der Waals surface area contributed by atoms with Crippen LogP contribution < -0.4 is 0 Å². The largest absolute Gasteiger partial charge is 0.458 e. The van der Waals surface area contributed by atoms with Crippen LogP contribution >= 0.6 is 7.60 Å². The highest BCUT2D eigenvalue weighted by Gasteiger charge is 2.26. The second-order valence-electron chi connectivity index (χ2n) is 10.2. The van der Waals surface area contributed by atoms with Gasteiger partial charge in [0.1, 0.15) is 6.10 Å². The van der Waals surface area contributed by atoms with E-state index in [0.29, 0.717) is 17.6 Å². The van der Waals surface area contributed by atoms with Gasteiger partial charge in [0.25, 0.3) is 0 Å². The van der Waals surface area contributed by atoms with E-state index in [4.69, 9.17) is 14.0 Å². The second kappa shape index (κ2) is 19.8. The first kappa shape index (κ1) is 32.5. The SMILES string of the molecule is CCCCCCCCCCCCCCCOCC(COP(=O)(O)CC[N+](C)(C)C)OC(C)=O. The van der Waals surface area contributed by atoms with Gasteiger partial charge in [-0.15, -0.1) is 0 Å². The first-order valence-corrected chi connectivity index (χ1v) is 14.8. The Labute approximate surface area is 203 Å². The minimum absolute atomic E-state index is 0.0586. The number of ether oxygens (including phenoxy) is 2. The molecule has 7 nitrogen and oxygen atoms in total. The topological polar surface area (TPSA) is 82.1 Å². The van der Waals surface area contributed by atoms with Crippen LogP contribution in [0.25, 0.3) is 0 Å². The Morgan fingerprint density at radius 3 is 1.79 bits per heavy atom. The van der Waals surface area contributed by atoms with Crippen molar-refractivity contribution in [1.82, 2.24) is 0 Å². The van der Waals surface area contributed by atoms with Crippen LogP contribution in [-0.2, 0) is 23.4 Å². The number of carbonyl (C=O) groups is 1. The molecular formula is C25H53NO6P+. The highest BCUT2D eigenvalue weighted by Crippen LogP contribution is 2.41. The number of esters is 1. The van der Waals surface area contributed by atoms with E-state index < -0.39 is 19.7 Å². The molecule has 0 aliphatic heterocycles. The van der Waals surface area contributed by atoms with E-state index in [1.54, 1.807) is 0 Å². The lowest BCUT2D eigenvalue weighted by Gasteiger charge is -2.25. The standard InChI is InChI=1S/C25H52NO6P/c1-6-7-8-9-10-11-12-13-14-15-16-17-18-20-30-22-25(32-24(2)27)23-31-33(28,29)21-19-26(3,4)5/h25H,6-23H2,1-5H3/p+1. The predicted octanol–water partition coefficient (Wildman–Crippen LogP) is 5.93. The van der Waals surface area contributed by atoms with E-state index in [-0.39, 0.29) is 19.4 Å². The molecule has 0 aliphatic rings. The molecule has 0 rings (SSSR count). The average molecular weight is 495 g/mol. The fourth-order valence-electron chi connectivity index (χ4n) is 3.48. The van der Waals surface area contributed by atoms with E-state index in [1.807, 2.05) is 21.1 Å². The third-order valence-electron chi connectivity index (χ3n) is 5.54. The predicted molar refractivity (Wildman–Crippen MR) is 136 cm³/mol. The average Bonchev–Trinajstić information content (AvgIpc) is 2.72. The lowest BCUT2D eigenvalue weighted by Crippen LogP contribution is -2.37. The minimum Gasteiger partial charge on any atom is -0.458 e. The van der Waals surface area contributed by atoms with Gasteiger partial charge in [-0.25, -0.2) is 0 Å². The fraction of sp³-hybridized carbons (Fsp3) is 0.960. The molecule has 33 heavy (non-hydrogen) atoms. The highest BCUT2D eigenvalue weighted by molar-refractivity contribution is 7.52. The van der Waals surface area contributed by atoms with Gasteiger partial charge >= 0.3 is 13.6 Å². The van der Waals surface area contributed by atoms with Gasteiger partial charge in [-0.05, 0) is 6.42 Å². The summed E-state index contributed by atoms with van der Waals surface area (Å²) in [5.41, 5.74) is 0. The zero-order valence-electron chi connectivity index (χ0n) is 22.2. The molecule has 198 valence electrons. The quantitative estimate of drug-likeness (QED) is 0.0820. The maximum Gasteiger partial charge on any atom is 0.333 e. The molecule has 0 aliphatic carbocycles. The highest BCUT2D eigenvalue weighted by atomic mass is 31.2. The maximum absolute atomic E-state index is 12.2. The number of quaternary nitrogens is 1. The number of nitrogens with zero attached hydrogens (tertiary/aromatic N) is 1. The summed E-state index contributed by atoms with van der Waals surface area (Å²) < 4.78 is 28.8. The van der Waals surface area contributed by atoms with E-state index in [0.717, 1.165) is 12.8 Å². The lowest BCUT2D eigenvalue weighted by molar-refractivity contribution is -0.867. The van der Waals surface area contributed by atoms with Gasteiger partial charge < -0.3 is 23.4 Å². The first-order valence-electron chi connectivity index (χ1n) is 13.1. The molecule has 2 unspecified atom stereocenters. The Morgan fingerprint density at radius 1 is 0.848 bits per heavy atom. The Kier molecular flexibility index (Phi) is 19.5. The third-order valence-corrected chi connectivity index (χ3v) is 6.86. The van der Waals surface area contributed by atoms with Crippen molar-refractivity contribution in [2.24, 2.45) is 0 Å². The zero-order chi connectivity index (χ0) is 25.0. The normalized spacial score (nSPS) is 14.7. The van der Waals surface area contributed by atoms with Crippen molar-refractivity contribution in [1.29, 1.82) is 0 Å². The first-order chi connectivity index (χ1) is 15.6. The van der Waals surface area contributed by atoms with Crippen molar-refractivity contribution in [2.75, 3.05) is 53.7 Å². The van der Waals surface area contributed by atoms with Crippen LogP contribution in [0.2, 0.25) is 0 Å². The van der Waals surface area contributed by atoms with Crippen LogP contribution in [0.4, 0.5) is 0 Å². The number of rotatable bonds is 23. The van der Waals surface area contributed by atoms with E-state index >= 15 is 0 Å². The second-order valence-corrected chi connectivity index (χ2v) is 12.2. The van der Waals surface area contributed by atoms with Gasteiger partial charge in [0.15, 0.2) is 0 Å². The zero-order valence-corrected chi connectivity index (χ0v) is 23.1. The van der Waals surface area contributed by atoms with Gasteiger partial charge in [0.05, 0.1) is 47.1 Å². The Hall–Kier alpha value is -0.460. The molecular weight excluding hydrogens is 441 g/mol. The molecule has 8 heteroatoms. The summed E-state index contributed by atoms with van der Waals surface area (Å²) in [6.45, 7) is 4.72. The van der Waals surface area contributed by atoms with Crippen LogP contribution in [0.5, 0.6) is 0 Å². The van der Waals surface area contributed by atoms with Crippen molar-refractivity contribution in [2.45, 2.75) is 103 Å². The summed E-state index contributed by atoms with van der Waals surface area (Å²) in [5.74, 6) is -0.452. The van der Waals surface area contributed by atoms with E-state index in [1.165, 1.54) is 77.6 Å². The van der Waals surface area contributed by atoms with Crippen molar-refractivity contribution in [3.8, 4) is 0 Å². The van der Waals surface area contributed by atoms with Gasteiger partial charge in [0, 0.05) is 13.5 Å². The van der Waals surface area contributed by atoms with Crippen molar-refractivity contribution < 1.29 is 32.7 Å². The molecule has 0 radical (unpaired) electrons. The van der Waals surface area contributed by atoms with Crippen LogP contribution in [0, 0.1) is 0 Å². The number of hydrogen-bond donors (Lipinski definition) is 1. The summed E-state index contributed by atoms with van der Waals surface area (Å²) in [7, 11) is 2.13.